The average Bonchev–Trinajstić information content (AvgIpc) is 2.94. The summed E-state index contributed by atoms with van der Waals surface area (Å²) in [6.07, 6.45) is 3.59. The molecule has 0 aliphatic carbocycles. The molecule has 120 valence electrons. The SMILES string of the molecule is CCc1ccsc1CN1CC(CC)(CC)NCC1C(C)C. The van der Waals surface area contributed by atoms with Gasteiger partial charge in [0.05, 0.1) is 0 Å². The molecule has 1 fully saturated rings. The standard InChI is InChI=1S/C18H32N2S/c1-6-15-9-10-21-17(15)12-20-13-18(7-2,8-3)19-11-16(20)14(4)5/h9-10,14,16,19H,6-8,11-13H2,1-5H3. The molecule has 3 heteroatoms. The quantitative estimate of drug-likeness (QED) is 0.843. The van der Waals surface area contributed by atoms with Crippen molar-refractivity contribution in [2.75, 3.05) is 13.1 Å². The van der Waals surface area contributed by atoms with Crippen LogP contribution in [0.4, 0.5) is 0 Å². The van der Waals surface area contributed by atoms with E-state index in [0.717, 1.165) is 19.5 Å². The summed E-state index contributed by atoms with van der Waals surface area (Å²) >= 11 is 1.93. The van der Waals surface area contributed by atoms with Gasteiger partial charge in [0.15, 0.2) is 0 Å². The molecule has 0 saturated carbocycles. The molecule has 1 aromatic heterocycles. The second-order valence-electron chi connectivity index (χ2n) is 6.81. The van der Waals surface area contributed by atoms with E-state index in [-0.39, 0.29) is 0 Å². The van der Waals surface area contributed by atoms with Crippen LogP contribution in [0.2, 0.25) is 0 Å². The van der Waals surface area contributed by atoms with Gasteiger partial charge in [-0.2, -0.15) is 0 Å². The van der Waals surface area contributed by atoms with Gasteiger partial charge in [-0.25, -0.2) is 0 Å². The third kappa shape index (κ3) is 3.69. The maximum atomic E-state index is 3.86. The van der Waals surface area contributed by atoms with Crippen LogP contribution < -0.4 is 5.32 Å². The first-order chi connectivity index (χ1) is 10.0. The molecule has 1 aromatic rings. The summed E-state index contributed by atoms with van der Waals surface area (Å²) in [5.41, 5.74) is 1.86. The molecule has 0 spiro atoms. The van der Waals surface area contributed by atoms with E-state index < -0.39 is 0 Å². The monoisotopic (exact) mass is 308 g/mol. The van der Waals surface area contributed by atoms with Gasteiger partial charge >= 0.3 is 0 Å². The van der Waals surface area contributed by atoms with Crippen molar-refractivity contribution in [2.24, 2.45) is 5.92 Å². The number of nitrogens with one attached hydrogen (secondary N) is 1. The van der Waals surface area contributed by atoms with Gasteiger partial charge < -0.3 is 5.32 Å². The van der Waals surface area contributed by atoms with Gasteiger partial charge in [-0.15, -0.1) is 11.3 Å². The topological polar surface area (TPSA) is 15.3 Å². The highest BCUT2D eigenvalue weighted by atomic mass is 32.1. The molecule has 0 amide bonds. The number of thiophene rings is 1. The van der Waals surface area contributed by atoms with Crippen LogP contribution in [0.3, 0.4) is 0 Å². The fraction of sp³-hybridized carbons (Fsp3) is 0.778. The summed E-state index contributed by atoms with van der Waals surface area (Å²) in [5, 5.41) is 6.12. The van der Waals surface area contributed by atoms with Gasteiger partial charge in [0.2, 0.25) is 0 Å². The maximum absolute atomic E-state index is 3.86. The summed E-state index contributed by atoms with van der Waals surface area (Å²) in [7, 11) is 0. The van der Waals surface area contributed by atoms with E-state index >= 15 is 0 Å². The van der Waals surface area contributed by atoms with E-state index in [1.807, 2.05) is 11.3 Å². The zero-order valence-electron chi connectivity index (χ0n) is 14.4. The largest absolute Gasteiger partial charge is 0.308 e. The Morgan fingerprint density at radius 2 is 2.05 bits per heavy atom. The van der Waals surface area contributed by atoms with Crippen molar-refractivity contribution < 1.29 is 0 Å². The van der Waals surface area contributed by atoms with E-state index in [4.69, 9.17) is 0 Å². The van der Waals surface area contributed by atoms with Crippen molar-refractivity contribution in [1.82, 2.24) is 10.2 Å². The molecule has 0 bridgehead atoms. The van der Waals surface area contributed by atoms with E-state index in [9.17, 15) is 0 Å². The highest BCUT2D eigenvalue weighted by Gasteiger charge is 2.37. The van der Waals surface area contributed by atoms with Crippen LogP contribution in [-0.4, -0.2) is 29.6 Å². The highest BCUT2D eigenvalue weighted by molar-refractivity contribution is 7.10. The minimum Gasteiger partial charge on any atom is -0.308 e. The first-order valence-corrected chi connectivity index (χ1v) is 9.47. The van der Waals surface area contributed by atoms with Gasteiger partial charge in [-0.05, 0) is 42.2 Å². The number of aryl methyl sites for hydroxylation is 1. The van der Waals surface area contributed by atoms with Crippen molar-refractivity contribution in [3.05, 3.63) is 21.9 Å². The molecule has 0 aromatic carbocycles. The molecule has 1 saturated heterocycles. The van der Waals surface area contributed by atoms with Crippen LogP contribution in [0.15, 0.2) is 11.4 Å². The lowest BCUT2D eigenvalue weighted by molar-refractivity contribution is 0.0449. The lowest BCUT2D eigenvalue weighted by Gasteiger charge is -2.49. The van der Waals surface area contributed by atoms with Crippen LogP contribution in [0.1, 0.15) is 57.9 Å². The number of rotatable bonds is 6. The number of piperazine rings is 1. The lowest BCUT2D eigenvalue weighted by Crippen LogP contribution is -2.64. The first kappa shape index (κ1) is 17.0. The van der Waals surface area contributed by atoms with Crippen LogP contribution >= 0.6 is 11.3 Å². The molecule has 2 nitrogen and oxygen atoms in total. The predicted octanol–water partition coefficient (Wildman–Crippen LogP) is 4.30. The van der Waals surface area contributed by atoms with E-state index in [1.54, 1.807) is 10.4 Å². The molecule has 2 heterocycles. The predicted molar refractivity (Wildman–Crippen MR) is 94.0 cm³/mol. The smallest absolute Gasteiger partial charge is 0.0335 e. The van der Waals surface area contributed by atoms with E-state index in [0.29, 0.717) is 17.5 Å². The zero-order valence-corrected chi connectivity index (χ0v) is 15.2. The van der Waals surface area contributed by atoms with Crippen molar-refractivity contribution in [1.29, 1.82) is 0 Å². The molecule has 1 unspecified atom stereocenters. The molecule has 1 atom stereocenters. The minimum atomic E-state index is 0.315. The molecule has 1 aliphatic heterocycles. The van der Waals surface area contributed by atoms with Gasteiger partial charge in [-0.3, -0.25) is 4.90 Å². The molecular formula is C18H32N2S. The Morgan fingerprint density at radius 1 is 1.33 bits per heavy atom. The van der Waals surface area contributed by atoms with Crippen molar-refractivity contribution in [2.45, 2.75) is 72.0 Å². The lowest BCUT2D eigenvalue weighted by atomic mass is 9.86. The second-order valence-corrected chi connectivity index (χ2v) is 7.81. The van der Waals surface area contributed by atoms with Crippen molar-refractivity contribution >= 4 is 11.3 Å². The third-order valence-electron chi connectivity index (χ3n) is 5.35. The zero-order chi connectivity index (χ0) is 15.5. The molecule has 2 rings (SSSR count). The van der Waals surface area contributed by atoms with Gasteiger partial charge in [0.1, 0.15) is 0 Å². The van der Waals surface area contributed by atoms with Gasteiger partial charge in [0.25, 0.3) is 0 Å². The average molecular weight is 309 g/mol. The number of hydrogen-bond acceptors (Lipinski definition) is 3. The van der Waals surface area contributed by atoms with Crippen molar-refractivity contribution in [3.8, 4) is 0 Å². The fourth-order valence-corrected chi connectivity index (χ4v) is 4.57. The minimum absolute atomic E-state index is 0.315. The Bertz CT molecular complexity index is 434. The summed E-state index contributed by atoms with van der Waals surface area (Å²) in [4.78, 5) is 4.32. The Balaban J connectivity index is 2.18. The number of hydrogen-bond donors (Lipinski definition) is 1. The Morgan fingerprint density at radius 3 is 2.62 bits per heavy atom. The molecule has 1 aliphatic rings. The summed E-state index contributed by atoms with van der Waals surface area (Å²) in [5.74, 6) is 0.703. The summed E-state index contributed by atoms with van der Waals surface area (Å²) < 4.78 is 0. The fourth-order valence-electron chi connectivity index (χ4n) is 3.57. The normalized spacial score (nSPS) is 22.9. The third-order valence-corrected chi connectivity index (χ3v) is 6.30. The second kappa shape index (κ2) is 7.26. The van der Waals surface area contributed by atoms with Crippen LogP contribution in [-0.2, 0) is 13.0 Å². The Hall–Kier alpha value is -0.380. The van der Waals surface area contributed by atoms with Gasteiger partial charge in [0, 0.05) is 36.1 Å². The maximum Gasteiger partial charge on any atom is 0.0335 e. The summed E-state index contributed by atoms with van der Waals surface area (Å²) in [6, 6.07) is 2.96. The number of nitrogens with zero attached hydrogens (tertiary/aromatic N) is 1. The van der Waals surface area contributed by atoms with Crippen molar-refractivity contribution in [3.63, 3.8) is 0 Å². The first-order valence-electron chi connectivity index (χ1n) is 8.59. The van der Waals surface area contributed by atoms with E-state index in [1.165, 1.54) is 19.4 Å². The van der Waals surface area contributed by atoms with E-state index in [2.05, 4.69) is 56.3 Å². The van der Waals surface area contributed by atoms with Crippen LogP contribution in [0, 0.1) is 5.92 Å². The van der Waals surface area contributed by atoms with Gasteiger partial charge in [-0.1, -0.05) is 34.6 Å². The Kier molecular flexibility index (Phi) is 5.87. The molecular weight excluding hydrogens is 276 g/mol. The Labute approximate surface area is 134 Å². The van der Waals surface area contributed by atoms with Crippen LogP contribution in [0.25, 0.3) is 0 Å². The molecule has 1 N–H and O–H groups in total. The van der Waals surface area contributed by atoms with Crippen LogP contribution in [0.5, 0.6) is 0 Å². The molecule has 0 radical (unpaired) electrons. The summed E-state index contributed by atoms with van der Waals surface area (Å²) in [6.45, 7) is 15.1. The highest BCUT2D eigenvalue weighted by Crippen LogP contribution is 2.29. The molecule has 21 heavy (non-hydrogen) atoms.